The summed E-state index contributed by atoms with van der Waals surface area (Å²) in [7, 11) is 0. The number of nitrogens with zero attached hydrogens (tertiary/aromatic N) is 3. The van der Waals surface area contributed by atoms with E-state index in [0.717, 1.165) is 22.5 Å². The molecule has 0 N–H and O–H groups in total. The van der Waals surface area contributed by atoms with E-state index >= 15 is 0 Å². The molecule has 0 spiro atoms. The highest BCUT2D eigenvalue weighted by Crippen LogP contribution is 2.20. The van der Waals surface area contributed by atoms with Crippen LogP contribution in [-0.2, 0) is 0 Å². The number of benzene rings is 2. The van der Waals surface area contributed by atoms with Crippen LogP contribution < -0.4 is 0 Å². The molecule has 0 fully saturated rings. The van der Waals surface area contributed by atoms with Gasteiger partial charge < -0.3 is 0 Å². The second kappa shape index (κ2) is 6.76. The molecular weight excluding hydrogens is 322 g/mol. The van der Waals surface area contributed by atoms with Gasteiger partial charge in [-0.05, 0) is 6.07 Å². The molecular formula is C22H17N3O. The fraction of sp³-hybridized carbons (Fsp3) is 0.0455. The van der Waals surface area contributed by atoms with E-state index in [-0.39, 0.29) is 5.78 Å². The molecule has 0 aliphatic heterocycles. The monoisotopic (exact) mass is 339 g/mol. The van der Waals surface area contributed by atoms with Gasteiger partial charge in [-0.1, -0.05) is 60.7 Å². The van der Waals surface area contributed by atoms with Crippen molar-refractivity contribution < 1.29 is 4.79 Å². The summed E-state index contributed by atoms with van der Waals surface area (Å²) >= 11 is 0. The molecule has 0 amide bonds. The van der Waals surface area contributed by atoms with Crippen molar-refractivity contribution in [1.29, 1.82) is 0 Å². The van der Waals surface area contributed by atoms with Crippen molar-refractivity contribution in [2.24, 2.45) is 4.99 Å². The van der Waals surface area contributed by atoms with Crippen LogP contribution in [0.2, 0.25) is 0 Å². The predicted octanol–water partition coefficient (Wildman–Crippen LogP) is 4.71. The number of fused-ring (bicyclic) bond motifs is 1. The van der Waals surface area contributed by atoms with E-state index in [1.54, 1.807) is 17.5 Å². The molecule has 0 aliphatic rings. The lowest BCUT2D eigenvalue weighted by Gasteiger charge is -2.08. The van der Waals surface area contributed by atoms with E-state index in [0.29, 0.717) is 11.3 Å². The van der Waals surface area contributed by atoms with Crippen LogP contribution >= 0.6 is 0 Å². The third-order valence-electron chi connectivity index (χ3n) is 4.19. The van der Waals surface area contributed by atoms with Crippen LogP contribution in [0.1, 0.15) is 28.5 Å². The van der Waals surface area contributed by atoms with Crippen LogP contribution in [-0.4, -0.2) is 20.9 Å². The van der Waals surface area contributed by atoms with Gasteiger partial charge in [0.2, 0.25) is 0 Å². The SMILES string of the molecule is CC(=O)c1cnc2cc(N=C(c3ccccc3)c3ccccc3)ccn12. The summed E-state index contributed by atoms with van der Waals surface area (Å²) in [6.45, 7) is 1.54. The Labute approximate surface area is 151 Å². The molecule has 0 bridgehead atoms. The third-order valence-corrected chi connectivity index (χ3v) is 4.19. The topological polar surface area (TPSA) is 46.7 Å². The number of rotatable bonds is 4. The molecule has 4 aromatic rings. The van der Waals surface area contributed by atoms with Gasteiger partial charge in [0.05, 0.1) is 17.6 Å². The molecule has 0 atom stereocenters. The Bertz CT molecular complexity index is 1050. The first kappa shape index (κ1) is 16.0. The first-order valence-corrected chi connectivity index (χ1v) is 8.40. The highest BCUT2D eigenvalue weighted by atomic mass is 16.1. The summed E-state index contributed by atoms with van der Waals surface area (Å²) in [5.74, 6) is -0.0111. The van der Waals surface area contributed by atoms with Gasteiger partial charge in [-0.3, -0.25) is 9.20 Å². The molecule has 126 valence electrons. The average molecular weight is 339 g/mol. The zero-order chi connectivity index (χ0) is 17.9. The highest BCUT2D eigenvalue weighted by Gasteiger charge is 2.10. The maximum absolute atomic E-state index is 11.7. The minimum Gasteiger partial charge on any atom is -0.297 e. The van der Waals surface area contributed by atoms with Gasteiger partial charge in [-0.25, -0.2) is 9.98 Å². The number of aromatic nitrogens is 2. The van der Waals surface area contributed by atoms with E-state index in [2.05, 4.69) is 4.98 Å². The molecule has 2 heterocycles. The van der Waals surface area contributed by atoms with Crippen molar-refractivity contribution >= 4 is 22.8 Å². The molecule has 4 rings (SSSR count). The summed E-state index contributed by atoms with van der Waals surface area (Å²) in [6.07, 6.45) is 3.44. The molecule has 0 unspecified atom stereocenters. The second-order valence-corrected chi connectivity index (χ2v) is 6.01. The third kappa shape index (κ3) is 3.05. The van der Waals surface area contributed by atoms with Gasteiger partial charge in [-0.2, -0.15) is 0 Å². The van der Waals surface area contributed by atoms with Gasteiger partial charge in [0.1, 0.15) is 11.3 Å². The number of pyridine rings is 1. The number of ketones is 1. The molecule has 4 nitrogen and oxygen atoms in total. The van der Waals surface area contributed by atoms with Crippen LogP contribution in [0, 0.1) is 0 Å². The van der Waals surface area contributed by atoms with Crippen molar-refractivity contribution in [2.45, 2.75) is 6.92 Å². The Balaban J connectivity index is 1.85. The summed E-state index contributed by atoms with van der Waals surface area (Å²) in [6, 6.07) is 24.0. The number of carbonyl (C=O) groups excluding carboxylic acids is 1. The maximum Gasteiger partial charge on any atom is 0.178 e. The standard InChI is InChI=1S/C22H17N3O/c1-16(26)20-15-23-21-14-19(12-13-25(20)21)24-22(17-8-4-2-5-9-17)18-10-6-3-7-11-18/h2-15H,1H3. The molecule has 0 radical (unpaired) electrons. The minimum absolute atomic E-state index is 0.0111. The largest absolute Gasteiger partial charge is 0.297 e. The van der Waals surface area contributed by atoms with Crippen molar-refractivity contribution in [3.63, 3.8) is 0 Å². The van der Waals surface area contributed by atoms with E-state index in [1.165, 1.54) is 0 Å². The molecule has 26 heavy (non-hydrogen) atoms. The van der Waals surface area contributed by atoms with Crippen molar-refractivity contribution in [3.05, 3.63) is 102 Å². The van der Waals surface area contributed by atoms with Crippen LogP contribution in [0.3, 0.4) is 0 Å². The molecule has 0 aliphatic carbocycles. The van der Waals surface area contributed by atoms with Crippen LogP contribution in [0.15, 0.2) is 90.2 Å². The lowest BCUT2D eigenvalue weighted by Crippen LogP contribution is -2.02. The zero-order valence-electron chi connectivity index (χ0n) is 14.3. The van der Waals surface area contributed by atoms with E-state index < -0.39 is 0 Å². The zero-order valence-corrected chi connectivity index (χ0v) is 14.3. The van der Waals surface area contributed by atoms with E-state index in [1.807, 2.05) is 79.0 Å². The fourth-order valence-electron chi connectivity index (χ4n) is 2.92. The normalized spacial score (nSPS) is 10.7. The van der Waals surface area contributed by atoms with Gasteiger partial charge in [-0.15, -0.1) is 0 Å². The lowest BCUT2D eigenvalue weighted by atomic mass is 10.0. The number of hydrogen-bond acceptors (Lipinski definition) is 3. The Morgan fingerprint density at radius 3 is 2.12 bits per heavy atom. The van der Waals surface area contributed by atoms with Crippen molar-refractivity contribution in [1.82, 2.24) is 9.38 Å². The molecule has 0 saturated heterocycles. The summed E-state index contributed by atoms with van der Waals surface area (Å²) in [4.78, 5) is 20.9. The number of hydrogen-bond donors (Lipinski definition) is 0. The highest BCUT2D eigenvalue weighted by molar-refractivity contribution is 6.14. The number of imidazole rings is 1. The van der Waals surface area contributed by atoms with Crippen molar-refractivity contribution in [2.75, 3.05) is 0 Å². The molecule has 4 heteroatoms. The Morgan fingerprint density at radius 2 is 1.54 bits per heavy atom. The quantitative estimate of drug-likeness (QED) is 0.399. The number of aliphatic imine (C=N–C) groups is 1. The van der Waals surface area contributed by atoms with E-state index in [4.69, 9.17) is 4.99 Å². The summed E-state index contributed by atoms with van der Waals surface area (Å²) < 4.78 is 1.78. The average Bonchev–Trinajstić information content (AvgIpc) is 3.11. The lowest BCUT2D eigenvalue weighted by molar-refractivity contribution is 0.101. The van der Waals surface area contributed by atoms with E-state index in [9.17, 15) is 4.79 Å². The number of carbonyl (C=O) groups is 1. The summed E-state index contributed by atoms with van der Waals surface area (Å²) in [5, 5.41) is 0. The van der Waals surface area contributed by atoms with Gasteiger partial charge >= 0.3 is 0 Å². The molecule has 2 aromatic heterocycles. The maximum atomic E-state index is 11.7. The van der Waals surface area contributed by atoms with Crippen LogP contribution in [0.25, 0.3) is 5.65 Å². The Kier molecular flexibility index (Phi) is 4.15. The fourth-order valence-corrected chi connectivity index (χ4v) is 2.92. The predicted molar refractivity (Wildman–Crippen MR) is 103 cm³/mol. The van der Waals surface area contributed by atoms with Crippen LogP contribution in [0.5, 0.6) is 0 Å². The van der Waals surface area contributed by atoms with Gasteiger partial charge in [0.15, 0.2) is 5.78 Å². The van der Waals surface area contributed by atoms with Crippen LogP contribution in [0.4, 0.5) is 5.69 Å². The van der Waals surface area contributed by atoms with Gasteiger partial charge in [0.25, 0.3) is 0 Å². The smallest absolute Gasteiger partial charge is 0.178 e. The first-order chi connectivity index (χ1) is 12.7. The van der Waals surface area contributed by atoms with Crippen molar-refractivity contribution in [3.8, 4) is 0 Å². The number of Topliss-reactive ketones (excluding diaryl/α,β-unsaturated/α-hetero) is 1. The minimum atomic E-state index is -0.0111. The Morgan fingerprint density at radius 1 is 0.923 bits per heavy atom. The Hall–Kier alpha value is -3.53. The second-order valence-electron chi connectivity index (χ2n) is 6.01. The first-order valence-electron chi connectivity index (χ1n) is 8.40. The van der Waals surface area contributed by atoms with Gasteiger partial charge in [0, 0.05) is 30.3 Å². The molecule has 2 aromatic carbocycles. The molecule has 0 saturated carbocycles. The summed E-state index contributed by atoms with van der Waals surface area (Å²) in [5.41, 5.74) is 5.06.